The standard InChI is InChI=1S/C9H12N6/c1-10-13-9-4-3-8(12-14-9)7-5-11-15(2)6-7/h3-6,10H,1-2H3,(H,13,14). The van der Waals surface area contributed by atoms with Gasteiger partial charge in [0.1, 0.15) is 0 Å². The molecule has 0 aliphatic carbocycles. The monoisotopic (exact) mass is 204 g/mol. The molecule has 0 aromatic carbocycles. The van der Waals surface area contributed by atoms with Crippen molar-refractivity contribution in [3.05, 3.63) is 24.5 Å². The Morgan fingerprint density at radius 1 is 1.27 bits per heavy atom. The number of nitrogens with zero attached hydrogens (tertiary/aromatic N) is 4. The van der Waals surface area contributed by atoms with Crippen molar-refractivity contribution >= 4 is 5.82 Å². The fourth-order valence-corrected chi connectivity index (χ4v) is 1.23. The lowest BCUT2D eigenvalue weighted by atomic mass is 10.2. The van der Waals surface area contributed by atoms with Crippen molar-refractivity contribution in [2.75, 3.05) is 12.5 Å². The number of anilines is 1. The zero-order valence-corrected chi connectivity index (χ0v) is 8.60. The van der Waals surface area contributed by atoms with Gasteiger partial charge in [-0.15, -0.1) is 10.2 Å². The molecule has 0 saturated carbocycles. The number of aromatic nitrogens is 4. The highest BCUT2D eigenvalue weighted by atomic mass is 15.4. The smallest absolute Gasteiger partial charge is 0.162 e. The van der Waals surface area contributed by atoms with E-state index in [9.17, 15) is 0 Å². The van der Waals surface area contributed by atoms with Crippen molar-refractivity contribution < 1.29 is 0 Å². The number of rotatable bonds is 3. The number of aryl methyl sites for hydroxylation is 1. The fourth-order valence-electron chi connectivity index (χ4n) is 1.23. The lowest BCUT2D eigenvalue weighted by Gasteiger charge is -2.01. The lowest BCUT2D eigenvalue weighted by Crippen LogP contribution is -2.16. The van der Waals surface area contributed by atoms with Crippen molar-refractivity contribution in [2.45, 2.75) is 0 Å². The van der Waals surface area contributed by atoms with Gasteiger partial charge in [0, 0.05) is 25.9 Å². The molecule has 0 saturated heterocycles. The van der Waals surface area contributed by atoms with E-state index in [0.717, 1.165) is 11.3 Å². The van der Waals surface area contributed by atoms with Gasteiger partial charge in [0.05, 0.1) is 11.9 Å². The molecule has 6 nitrogen and oxygen atoms in total. The second-order valence-corrected chi connectivity index (χ2v) is 3.08. The maximum atomic E-state index is 4.08. The predicted octanol–water partition coefficient (Wildman–Crippen LogP) is 0.423. The third kappa shape index (κ3) is 2.10. The van der Waals surface area contributed by atoms with E-state index < -0.39 is 0 Å². The Morgan fingerprint density at radius 2 is 2.13 bits per heavy atom. The van der Waals surface area contributed by atoms with Gasteiger partial charge in [-0.1, -0.05) is 0 Å². The second-order valence-electron chi connectivity index (χ2n) is 3.08. The molecule has 2 N–H and O–H groups in total. The van der Waals surface area contributed by atoms with Crippen molar-refractivity contribution in [1.82, 2.24) is 25.4 Å². The van der Waals surface area contributed by atoms with E-state index in [4.69, 9.17) is 0 Å². The second kappa shape index (κ2) is 4.05. The van der Waals surface area contributed by atoms with Crippen LogP contribution in [0.1, 0.15) is 0 Å². The number of hydrazine groups is 1. The van der Waals surface area contributed by atoms with E-state index in [0.29, 0.717) is 5.82 Å². The Labute approximate surface area is 87.3 Å². The summed E-state index contributed by atoms with van der Waals surface area (Å²) in [7, 11) is 3.64. The molecule has 0 aliphatic heterocycles. The van der Waals surface area contributed by atoms with Gasteiger partial charge in [0.25, 0.3) is 0 Å². The first-order valence-corrected chi connectivity index (χ1v) is 4.55. The average molecular weight is 204 g/mol. The molecule has 0 radical (unpaired) electrons. The highest BCUT2D eigenvalue weighted by Crippen LogP contribution is 2.15. The quantitative estimate of drug-likeness (QED) is 0.709. The van der Waals surface area contributed by atoms with Gasteiger partial charge in [-0.05, 0) is 12.1 Å². The molecule has 6 heteroatoms. The molecule has 78 valence electrons. The molecule has 2 aromatic heterocycles. The van der Waals surface area contributed by atoms with E-state index >= 15 is 0 Å². The van der Waals surface area contributed by atoms with E-state index in [2.05, 4.69) is 26.1 Å². The van der Waals surface area contributed by atoms with Crippen LogP contribution in [-0.4, -0.2) is 27.0 Å². The van der Waals surface area contributed by atoms with Gasteiger partial charge in [-0.3, -0.25) is 4.68 Å². The molecule has 0 atom stereocenters. The number of hydrogen-bond acceptors (Lipinski definition) is 5. The normalized spacial score (nSPS) is 10.3. The average Bonchev–Trinajstić information content (AvgIpc) is 2.67. The summed E-state index contributed by atoms with van der Waals surface area (Å²) in [4.78, 5) is 0. The van der Waals surface area contributed by atoms with Crippen LogP contribution in [0.25, 0.3) is 11.3 Å². The lowest BCUT2D eigenvalue weighted by molar-refractivity contribution is 0.768. The zero-order chi connectivity index (χ0) is 10.7. The molecule has 2 aromatic rings. The van der Waals surface area contributed by atoms with Crippen LogP contribution in [0.15, 0.2) is 24.5 Å². The summed E-state index contributed by atoms with van der Waals surface area (Å²) < 4.78 is 1.73. The van der Waals surface area contributed by atoms with Crippen LogP contribution in [0.2, 0.25) is 0 Å². The zero-order valence-electron chi connectivity index (χ0n) is 8.60. The number of hydrogen-bond donors (Lipinski definition) is 2. The SMILES string of the molecule is CNNc1ccc(-c2cnn(C)c2)nn1. The van der Waals surface area contributed by atoms with Crippen LogP contribution in [0.3, 0.4) is 0 Å². The molecule has 0 amide bonds. The van der Waals surface area contributed by atoms with E-state index in [1.54, 1.807) is 17.9 Å². The van der Waals surface area contributed by atoms with E-state index in [1.807, 2.05) is 25.4 Å². The first-order chi connectivity index (χ1) is 7.29. The van der Waals surface area contributed by atoms with Crippen LogP contribution >= 0.6 is 0 Å². The fraction of sp³-hybridized carbons (Fsp3) is 0.222. The maximum absolute atomic E-state index is 4.08. The molecular formula is C9H12N6. The molecule has 0 fully saturated rings. The van der Waals surface area contributed by atoms with E-state index in [-0.39, 0.29) is 0 Å². The van der Waals surface area contributed by atoms with Crippen LogP contribution in [0.4, 0.5) is 5.82 Å². The minimum absolute atomic E-state index is 0.685. The molecule has 2 heterocycles. The predicted molar refractivity (Wildman–Crippen MR) is 56.9 cm³/mol. The Kier molecular flexibility index (Phi) is 2.59. The van der Waals surface area contributed by atoms with Gasteiger partial charge in [-0.2, -0.15) is 5.10 Å². The van der Waals surface area contributed by atoms with Crippen molar-refractivity contribution in [3.63, 3.8) is 0 Å². The third-order valence-corrected chi connectivity index (χ3v) is 1.92. The van der Waals surface area contributed by atoms with Crippen molar-refractivity contribution in [2.24, 2.45) is 7.05 Å². The summed E-state index contributed by atoms with van der Waals surface area (Å²) in [6.45, 7) is 0. The summed E-state index contributed by atoms with van der Waals surface area (Å²) in [5, 5.41) is 12.1. The minimum atomic E-state index is 0.685. The van der Waals surface area contributed by atoms with Crippen LogP contribution < -0.4 is 10.9 Å². The Morgan fingerprint density at radius 3 is 2.67 bits per heavy atom. The summed E-state index contributed by atoms with van der Waals surface area (Å²) in [5.41, 5.74) is 7.39. The van der Waals surface area contributed by atoms with Gasteiger partial charge in [0.15, 0.2) is 5.82 Å². The summed E-state index contributed by atoms with van der Waals surface area (Å²) >= 11 is 0. The van der Waals surface area contributed by atoms with Crippen LogP contribution in [-0.2, 0) is 7.05 Å². The highest BCUT2D eigenvalue weighted by Gasteiger charge is 2.02. The Hall–Kier alpha value is -1.95. The van der Waals surface area contributed by atoms with Crippen LogP contribution in [0.5, 0.6) is 0 Å². The highest BCUT2D eigenvalue weighted by molar-refractivity contribution is 5.57. The molecule has 15 heavy (non-hydrogen) atoms. The number of nitrogens with one attached hydrogen (secondary N) is 2. The van der Waals surface area contributed by atoms with Gasteiger partial charge >= 0.3 is 0 Å². The first-order valence-electron chi connectivity index (χ1n) is 4.55. The summed E-state index contributed by atoms with van der Waals surface area (Å²) in [6.07, 6.45) is 3.66. The summed E-state index contributed by atoms with van der Waals surface area (Å²) in [6, 6.07) is 3.75. The molecule has 2 rings (SSSR count). The van der Waals surface area contributed by atoms with Gasteiger partial charge in [-0.25, -0.2) is 5.43 Å². The van der Waals surface area contributed by atoms with Crippen LogP contribution in [0, 0.1) is 0 Å². The third-order valence-electron chi connectivity index (χ3n) is 1.92. The topological polar surface area (TPSA) is 67.7 Å². The van der Waals surface area contributed by atoms with Crippen molar-refractivity contribution in [1.29, 1.82) is 0 Å². The first kappa shape index (κ1) is 9.60. The molecule has 0 aliphatic rings. The van der Waals surface area contributed by atoms with Crippen molar-refractivity contribution in [3.8, 4) is 11.3 Å². The van der Waals surface area contributed by atoms with Gasteiger partial charge < -0.3 is 5.43 Å². The summed E-state index contributed by atoms with van der Waals surface area (Å²) in [5.74, 6) is 0.685. The molecule has 0 unspecified atom stereocenters. The Balaban J connectivity index is 2.23. The molecule has 0 bridgehead atoms. The molecular weight excluding hydrogens is 192 g/mol. The van der Waals surface area contributed by atoms with E-state index in [1.165, 1.54) is 0 Å². The minimum Gasteiger partial charge on any atom is -0.305 e. The largest absolute Gasteiger partial charge is 0.305 e. The maximum Gasteiger partial charge on any atom is 0.162 e. The Bertz CT molecular complexity index is 432. The van der Waals surface area contributed by atoms with Gasteiger partial charge in [0.2, 0.25) is 0 Å². The molecule has 0 spiro atoms.